The van der Waals surface area contributed by atoms with E-state index in [1.54, 1.807) is 7.11 Å². The molecule has 0 aliphatic carbocycles. The number of hydrogen-bond donors (Lipinski definition) is 1. The lowest BCUT2D eigenvalue weighted by molar-refractivity contribution is -0.121. The number of benzene rings is 2. The van der Waals surface area contributed by atoms with Crippen LogP contribution in [-0.2, 0) is 17.8 Å². The summed E-state index contributed by atoms with van der Waals surface area (Å²) in [7, 11) is 1.63. The number of oxazole rings is 1. The third kappa shape index (κ3) is 3.88. The zero-order chi connectivity index (χ0) is 16.1. The number of aryl methyl sites for hydroxylation is 1. The molecule has 2 aromatic carbocycles. The van der Waals surface area contributed by atoms with Crippen molar-refractivity contribution in [2.24, 2.45) is 0 Å². The average molecular weight is 310 g/mol. The van der Waals surface area contributed by atoms with E-state index in [9.17, 15) is 4.79 Å². The van der Waals surface area contributed by atoms with Gasteiger partial charge in [0.25, 0.3) is 0 Å². The molecule has 3 aromatic rings. The summed E-state index contributed by atoms with van der Waals surface area (Å²) in [6, 6.07) is 15.3. The maximum atomic E-state index is 11.9. The van der Waals surface area contributed by atoms with Crippen LogP contribution in [0.3, 0.4) is 0 Å². The van der Waals surface area contributed by atoms with Gasteiger partial charge in [-0.25, -0.2) is 4.98 Å². The summed E-state index contributed by atoms with van der Waals surface area (Å²) >= 11 is 0. The Morgan fingerprint density at radius 3 is 2.70 bits per heavy atom. The minimum absolute atomic E-state index is 0.0249. The van der Waals surface area contributed by atoms with Gasteiger partial charge < -0.3 is 14.5 Å². The molecule has 1 aromatic heterocycles. The fraction of sp³-hybridized carbons (Fsp3) is 0.222. The fourth-order valence-corrected chi connectivity index (χ4v) is 2.31. The number of fused-ring (bicyclic) bond motifs is 1. The van der Waals surface area contributed by atoms with Crippen LogP contribution in [0, 0.1) is 0 Å². The van der Waals surface area contributed by atoms with Crippen molar-refractivity contribution < 1.29 is 13.9 Å². The van der Waals surface area contributed by atoms with Crippen LogP contribution in [0.1, 0.15) is 17.9 Å². The average Bonchev–Trinajstić information content (AvgIpc) is 3.01. The molecule has 3 rings (SSSR count). The second kappa shape index (κ2) is 6.96. The smallest absolute Gasteiger partial charge is 0.220 e. The Morgan fingerprint density at radius 2 is 1.96 bits per heavy atom. The third-order valence-corrected chi connectivity index (χ3v) is 3.57. The molecule has 0 unspecified atom stereocenters. The molecule has 0 bridgehead atoms. The summed E-state index contributed by atoms with van der Waals surface area (Å²) in [6.07, 6.45) is 1.11. The topological polar surface area (TPSA) is 64.4 Å². The molecular formula is C18H18N2O3. The number of aromatic nitrogens is 1. The first-order valence-corrected chi connectivity index (χ1v) is 7.48. The monoisotopic (exact) mass is 310 g/mol. The molecule has 0 saturated carbocycles. The molecule has 0 spiro atoms. The Morgan fingerprint density at radius 1 is 1.17 bits per heavy atom. The number of hydrogen-bond acceptors (Lipinski definition) is 4. The van der Waals surface area contributed by atoms with Gasteiger partial charge in [0.15, 0.2) is 5.58 Å². The number of carbonyl (C=O) groups is 1. The zero-order valence-electron chi connectivity index (χ0n) is 12.9. The lowest BCUT2D eigenvalue weighted by atomic mass is 10.1. The van der Waals surface area contributed by atoms with Gasteiger partial charge >= 0.3 is 0 Å². The highest BCUT2D eigenvalue weighted by Crippen LogP contribution is 2.15. The fourth-order valence-electron chi connectivity index (χ4n) is 2.31. The van der Waals surface area contributed by atoms with Gasteiger partial charge in [-0.05, 0) is 36.2 Å². The molecule has 0 atom stereocenters. The van der Waals surface area contributed by atoms with Gasteiger partial charge in [-0.15, -0.1) is 0 Å². The molecule has 5 nitrogen and oxygen atoms in total. The van der Waals surface area contributed by atoms with Crippen molar-refractivity contribution in [2.75, 3.05) is 7.11 Å². The van der Waals surface area contributed by atoms with E-state index in [4.69, 9.17) is 9.15 Å². The number of amides is 1. The molecule has 0 fully saturated rings. The van der Waals surface area contributed by atoms with Crippen molar-refractivity contribution in [3.8, 4) is 5.75 Å². The SMILES string of the molecule is COc1ccc(CCC(=O)NCc2nc3ccccc3o2)cc1. The van der Waals surface area contributed by atoms with E-state index in [1.807, 2.05) is 48.5 Å². The molecule has 0 radical (unpaired) electrons. The summed E-state index contributed by atoms with van der Waals surface area (Å²) in [6.45, 7) is 0.302. The van der Waals surface area contributed by atoms with Crippen LogP contribution in [0.25, 0.3) is 11.1 Å². The van der Waals surface area contributed by atoms with Crippen LogP contribution in [-0.4, -0.2) is 18.0 Å². The van der Waals surface area contributed by atoms with Crippen molar-refractivity contribution in [3.05, 3.63) is 60.0 Å². The van der Waals surface area contributed by atoms with Crippen molar-refractivity contribution >= 4 is 17.0 Å². The van der Waals surface area contributed by atoms with Crippen molar-refractivity contribution in [3.63, 3.8) is 0 Å². The van der Waals surface area contributed by atoms with Crippen LogP contribution >= 0.6 is 0 Å². The predicted octanol–water partition coefficient (Wildman–Crippen LogP) is 3.09. The maximum Gasteiger partial charge on any atom is 0.220 e. The summed E-state index contributed by atoms with van der Waals surface area (Å²) in [4.78, 5) is 16.2. The summed E-state index contributed by atoms with van der Waals surface area (Å²) in [5, 5.41) is 2.83. The van der Waals surface area contributed by atoms with E-state index in [1.165, 1.54) is 0 Å². The second-order valence-corrected chi connectivity index (χ2v) is 5.20. The molecule has 5 heteroatoms. The van der Waals surface area contributed by atoms with Gasteiger partial charge in [0.2, 0.25) is 11.8 Å². The molecule has 1 amide bonds. The predicted molar refractivity (Wildman–Crippen MR) is 87.2 cm³/mol. The van der Waals surface area contributed by atoms with Crippen LogP contribution in [0.15, 0.2) is 52.9 Å². The van der Waals surface area contributed by atoms with E-state index < -0.39 is 0 Å². The molecule has 0 aliphatic heterocycles. The Bertz CT molecular complexity index is 760. The lowest BCUT2D eigenvalue weighted by Gasteiger charge is -2.04. The number of methoxy groups -OCH3 is 1. The number of nitrogens with zero attached hydrogens (tertiary/aromatic N) is 1. The minimum Gasteiger partial charge on any atom is -0.497 e. The molecular weight excluding hydrogens is 292 g/mol. The van der Waals surface area contributed by atoms with Crippen LogP contribution in [0.5, 0.6) is 5.75 Å². The van der Waals surface area contributed by atoms with Gasteiger partial charge in [-0.2, -0.15) is 0 Å². The largest absolute Gasteiger partial charge is 0.497 e. The van der Waals surface area contributed by atoms with E-state index in [0.29, 0.717) is 25.3 Å². The highest BCUT2D eigenvalue weighted by molar-refractivity contribution is 5.76. The van der Waals surface area contributed by atoms with Crippen LogP contribution in [0.2, 0.25) is 0 Å². The van der Waals surface area contributed by atoms with E-state index >= 15 is 0 Å². The first-order chi connectivity index (χ1) is 11.2. The molecule has 0 aliphatic rings. The number of rotatable bonds is 6. The minimum atomic E-state index is -0.0249. The standard InChI is InChI=1S/C18H18N2O3/c1-22-14-9-6-13(7-10-14)8-11-17(21)19-12-18-20-15-4-2-3-5-16(15)23-18/h2-7,9-10H,8,11-12H2,1H3,(H,19,21). The number of para-hydroxylation sites is 2. The van der Waals surface area contributed by atoms with Crippen molar-refractivity contribution in [1.82, 2.24) is 10.3 Å². The van der Waals surface area contributed by atoms with Gasteiger partial charge in [0, 0.05) is 6.42 Å². The lowest BCUT2D eigenvalue weighted by Crippen LogP contribution is -2.23. The number of ether oxygens (including phenoxy) is 1. The molecule has 1 heterocycles. The van der Waals surface area contributed by atoms with Gasteiger partial charge in [-0.1, -0.05) is 24.3 Å². The highest BCUT2D eigenvalue weighted by Gasteiger charge is 2.07. The molecule has 118 valence electrons. The Labute approximate surface area is 134 Å². The second-order valence-electron chi connectivity index (χ2n) is 5.20. The summed E-state index contributed by atoms with van der Waals surface area (Å²) < 4.78 is 10.7. The first kappa shape index (κ1) is 15.1. The third-order valence-electron chi connectivity index (χ3n) is 3.57. The van der Waals surface area contributed by atoms with Gasteiger partial charge in [0.1, 0.15) is 11.3 Å². The van der Waals surface area contributed by atoms with E-state index in [-0.39, 0.29) is 5.91 Å². The van der Waals surface area contributed by atoms with E-state index in [2.05, 4.69) is 10.3 Å². The number of nitrogens with one attached hydrogen (secondary N) is 1. The van der Waals surface area contributed by atoms with Crippen LogP contribution < -0.4 is 10.1 Å². The van der Waals surface area contributed by atoms with Crippen LogP contribution in [0.4, 0.5) is 0 Å². The Balaban J connectivity index is 1.49. The van der Waals surface area contributed by atoms with Gasteiger partial charge in [0.05, 0.1) is 13.7 Å². The molecule has 1 N–H and O–H groups in total. The van der Waals surface area contributed by atoms with Crippen molar-refractivity contribution in [1.29, 1.82) is 0 Å². The zero-order valence-corrected chi connectivity index (χ0v) is 12.9. The number of carbonyl (C=O) groups excluding carboxylic acids is 1. The quantitative estimate of drug-likeness (QED) is 0.760. The maximum absolute atomic E-state index is 11.9. The molecule has 0 saturated heterocycles. The highest BCUT2D eigenvalue weighted by atomic mass is 16.5. The van der Waals surface area contributed by atoms with Gasteiger partial charge in [-0.3, -0.25) is 4.79 Å². The molecule has 23 heavy (non-hydrogen) atoms. The summed E-state index contributed by atoms with van der Waals surface area (Å²) in [5.74, 6) is 1.31. The first-order valence-electron chi connectivity index (χ1n) is 7.48. The summed E-state index contributed by atoms with van der Waals surface area (Å²) in [5.41, 5.74) is 2.63. The Kier molecular flexibility index (Phi) is 4.57. The Hall–Kier alpha value is -2.82. The normalized spacial score (nSPS) is 10.7. The van der Waals surface area contributed by atoms with E-state index in [0.717, 1.165) is 22.4 Å². The van der Waals surface area contributed by atoms with Crippen molar-refractivity contribution in [2.45, 2.75) is 19.4 Å².